The number of phosphoric acid groups is 2. The normalized spacial score (nSPS) is 13.9. The number of carbonyl (C=O) groups is 4. The summed E-state index contributed by atoms with van der Waals surface area (Å²) in [6, 6.07) is 0. The van der Waals surface area contributed by atoms with Crippen LogP contribution in [-0.2, 0) is 65.4 Å². The summed E-state index contributed by atoms with van der Waals surface area (Å²) < 4.78 is 68.5. The summed E-state index contributed by atoms with van der Waals surface area (Å²) in [5, 5.41) is 10.6. The van der Waals surface area contributed by atoms with Gasteiger partial charge in [0.15, 0.2) is 12.2 Å². The van der Waals surface area contributed by atoms with E-state index in [1.807, 2.05) is 0 Å². The number of carbonyl (C=O) groups excluding carboxylic acids is 4. The molecule has 2 unspecified atom stereocenters. The van der Waals surface area contributed by atoms with Crippen LogP contribution in [0.2, 0.25) is 0 Å². The van der Waals surface area contributed by atoms with E-state index in [0.717, 1.165) is 89.9 Å². The van der Waals surface area contributed by atoms with Crippen LogP contribution >= 0.6 is 15.6 Å². The molecule has 17 nitrogen and oxygen atoms in total. The Morgan fingerprint density at radius 1 is 0.255 bits per heavy atom. The molecule has 0 saturated carbocycles. The molecule has 0 aliphatic heterocycles. The van der Waals surface area contributed by atoms with Gasteiger partial charge in [0.25, 0.3) is 0 Å². The number of ether oxygens (including phenoxy) is 4. The van der Waals surface area contributed by atoms with Gasteiger partial charge in [0.1, 0.15) is 19.3 Å². The molecule has 0 aliphatic carbocycles. The molecule has 3 N–H and O–H groups in total. The lowest BCUT2D eigenvalue weighted by Crippen LogP contribution is -2.30. The van der Waals surface area contributed by atoms with Crippen molar-refractivity contribution in [1.82, 2.24) is 0 Å². The lowest BCUT2D eigenvalue weighted by atomic mass is 10.0. The van der Waals surface area contributed by atoms with Gasteiger partial charge in [-0.1, -0.05) is 349 Å². The molecule has 94 heavy (non-hydrogen) atoms. The van der Waals surface area contributed by atoms with E-state index >= 15 is 0 Å². The van der Waals surface area contributed by atoms with Crippen LogP contribution in [0.5, 0.6) is 0 Å². The topological polar surface area (TPSA) is 237 Å². The maximum absolute atomic E-state index is 13.1. The van der Waals surface area contributed by atoms with Gasteiger partial charge in [-0.15, -0.1) is 0 Å². The Morgan fingerprint density at radius 3 is 0.628 bits per heavy atom. The van der Waals surface area contributed by atoms with Crippen LogP contribution < -0.4 is 0 Å². The number of aliphatic hydroxyl groups excluding tert-OH is 1. The van der Waals surface area contributed by atoms with Gasteiger partial charge in [-0.25, -0.2) is 9.13 Å². The lowest BCUT2D eigenvalue weighted by Gasteiger charge is -2.21. The minimum Gasteiger partial charge on any atom is -0.462 e. The third kappa shape index (κ3) is 68.6. The maximum atomic E-state index is 13.1. The van der Waals surface area contributed by atoms with Gasteiger partial charge in [-0.3, -0.25) is 37.3 Å². The predicted octanol–water partition coefficient (Wildman–Crippen LogP) is 22.2. The first-order valence-electron chi connectivity index (χ1n) is 39.3. The van der Waals surface area contributed by atoms with Crippen LogP contribution in [0.1, 0.15) is 400 Å². The molecule has 0 spiro atoms. The number of aliphatic hydroxyl groups is 1. The summed E-state index contributed by atoms with van der Waals surface area (Å²) in [5.41, 5.74) is 0. The quantitative estimate of drug-likeness (QED) is 0.0222. The zero-order valence-electron chi connectivity index (χ0n) is 60.9. The summed E-state index contributed by atoms with van der Waals surface area (Å²) in [6.07, 6.45) is 59.4. The van der Waals surface area contributed by atoms with Crippen LogP contribution in [0.25, 0.3) is 0 Å². The van der Waals surface area contributed by atoms with Gasteiger partial charge >= 0.3 is 39.5 Å². The van der Waals surface area contributed by atoms with Gasteiger partial charge in [-0.2, -0.15) is 0 Å². The van der Waals surface area contributed by atoms with Gasteiger partial charge in [-0.05, 0) is 25.7 Å². The van der Waals surface area contributed by atoms with Crippen molar-refractivity contribution in [2.45, 2.75) is 418 Å². The molecule has 0 aromatic carbocycles. The zero-order chi connectivity index (χ0) is 69.0. The standard InChI is InChI=1S/C75H146O17P2/c1-5-9-13-17-21-25-29-33-34-35-38-42-46-50-54-58-62-75(80)92-71(66-86-73(78)60-56-52-48-44-40-36-30-26-22-18-14-10-6-2)68-90-94(83,84)88-64-69(76)63-87-93(81,82)89-67-70(65-85-72(77)59-55-51-47-43-39-32-28-24-20-16-12-8-4)91-74(79)61-57-53-49-45-41-37-31-27-23-19-15-11-7-3/h69-71,76H,5-68H2,1-4H3,(H,81,82)(H,83,84)/t69-,70+,71+/m0/s1. The highest BCUT2D eigenvalue weighted by molar-refractivity contribution is 7.47. The van der Waals surface area contributed by atoms with E-state index in [1.54, 1.807) is 0 Å². The molecule has 0 aromatic rings. The minimum absolute atomic E-state index is 0.109. The molecule has 0 fully saturated rings. The van der Waals surface area contributed by atoms with E-state index in [9.17, 15) is 43.2 Å². The molecule has 0 saturated heterocycles. The van der Waals surface area contributed by atoms with Crippen molar-refractivity contribution in [1.29, 1.82) is 0 Å². The average Bonchev–Trinajstić information content (AvgIpc) is 2.01. The second-order valence-corrected chi connectivity index (χ2v) is 29.9. The van der Waals surface area contributed by atoms with Gasteiger partial charge in [0.05, 0.1) is 26.4 Å². The van der Waals surface area contributed by atoms with Crippen molar-refractivity contribution in [3.63, 3.8) is 0 Å². The lowest BCUT2D eigenvalue weighted by molar-refractivity contribution is -0.161. The van der Waals surface area contributed by atoms with Crippen molar-refractivity contribution in [3.05, 3.63) is 0 Å². The molecule has 0 rings (SSSR count). The Labute approximate surface area is 575 Å². The molecule has 0 heterocycles. The fourth-order valence-corrected chi connectivity index (χ4v) is 13.2. The highest BCUT2D eigenvalue weighted by atomic mass is 31.2. The number of hydrogen-bond donors (Lipinski definition) is 3. The van der Waals surface area contributed by atoms with E-state index in [-0.39, 0.29) is 25.7 Å². The Hall–Kier alpha value is -1.94. The fraction of sp³-hybridized carbons (Fsp3) is 0.947. The maximum Gasteiger partial charge on any atom is 0.472 e. The molecular formula is C75H146O17P2. The monoisotopic (exact) mass is 1380 g/mol. The Morgan fingerprint density at radius 2 is 0.426 bits per heavy atom. The van der Waals surface area contributed by atoms with Crippen molar-refractivity contribution >= 4 is 39.5 Å². The molecule has 0 bridgehead atoms. The van der Waals surface area contributed by atoms with E-state index < -0.39 is 97.5 Å². The van der Waals surface area contributed by atoms with Gasteiger partial charge < -0.3 is 33.8 Å². The minimum atomic E-state index is -4.95. The molecule has 558 valence electrons. The Bertz CT molecular complexity index is 1790. The summed E-state index contributed by atoms with van der Waals surface area (Å²) in [7, 11) is -9.91. The molecule has 5 atom stereocenters. The van der Waals surface area contributed by atoms with Gasteiger partial charge in [0.2, 0.25) is 0 Å². The second kappa shape index (κ2) is 69.5. The first-order chi connectivity index (χ1) is 45.7. The number of rotatable bonds is 76. The highest BCUT2D eigenvalue weighted by Crippen LogP contribution is 2.45. The molecule has 0 aromatic heterocycles. The van der Waals surface area contributed by atoms with Crippen molar-refractivity contribution in [2.75, 3.05) is 39.6 Å². The zero-order valence-corrected chi connectivity index (χ0v) is 62.7. The summed E-state index contributed by atoms with van der Waals surface area (Å²) in [4.78, 5) is 72.8. The third-order valence-electron chi connectivity index (χ3n) is 17.6. The summed E-state index contributed by atoms with van der Waals surface area (Å²) in [5.74, 6) is -2.11. The molecular weight excluding hydrogens is 1230 g/mol. The average molecular weight is 1380 g/mol. The van der Waals surface area contributed by atoms with Crippen molar-refractivity contribution in [3.8, 4) is 0 Å². The first-order valence-corrected chi connectivity index (χ1v) is 42.3. The van der Waals surface area contributed by atoms with Crippen LogP contribution in [-0.4, -0.2) is 96.7 Å². The van der Waals surface area contributed by atoms with Gasteiger partial charge in [0, 0.05) is 25.7 Å². The second-order valence-electron chi connectivity index (χ2n) is 27.0. The van der Waals surface area contributed by atoms with E-state index in [4.69, 9.17) is 37.0 Å². The number of phosphoric ester groups is 2. The Kier molecular flexibility index (Phi) is 68.1. The number of hydrogen-bond acceptors (Lipinski definition) is 15. The Balaban J connectivity index is 5.25. The predicted molar refractivity (Wildman–Crippen MR) is 382 cm³/mol. The summed E-state index contributed by atoms with van der Waals surface area (Å²) >= 11 is 0. The van der Waals surface area contributed by atoms with Crippen LogP contribution in [0.4, 0.5) is 0 Å². The molecule has 0 radical (unpaired) electrons. The summed E-state index contributed by atoms with van der Waals surface area (Å²) in [6.45, 7) is 5.00. The van der Waals surface area contributed by atoms with Crippen molar-refractivity contribution < 1.29 is 80.2 Å². The molecule has 0 amide bonds. The fourth-order valence-electron chi connectivity index (χ4n) is 11.6. The van der Waals surface area contributed by atoms with E-state index in [2.05, 4.69) is 27.7 Å². The smallest absolute Gasteiger partial charge is 0.462 e. The largest absolute Gasteiger partial charge is 0.472 e. The molecule has 19 heteroatoms. The van der Waals surface area contributed by atoms with Crippen LogP contribution in [0.3, 0.4) is 0 Å². The van der Waals surface area contributed by atoms with Crippen LogP contribution in [0.15, 0.2) is 0 Å². The van der Waals surface area contributed by atoms with E-state index in [1.165, 1.54) is 231 Å². The third-order valence-corrected chi connectivity index (χ3v) is 19.5. The van der Waals surface area contributed by atoms with Crippen LogP contribution in [0, 0.1) is 0 Å². The highest BCUT2D eigenvalue weighted by Gasteiger charge is 2.30. The first kappa shape index (κ1) is 92.1. The number of esters is 4. The number of unbranched alkanes of at least 4 members (excludes halogenated alkanes) is 50. The van der Waals surface area contributed by atoms with E-state index in [0.29, 0.717) is 25.7 Å². The van der Waals surface area contributed by atoms with Crippen molar-refractivity contribution in [2.24, 2.45) is 0 Å². The SMILES string of the molecule is CCCCCCCCCCCCCCCCCCC(=O)O[C@H](COC(=O)CCCCCCCCCCCCCCC)COP(=O)(O)OC[C@@H](O)COP(=O)(O)OC[C@@H](COC(=O)CCCCCCCCCCCCCC)OC(=O)CCCCCCCCCCCCCCC. The molecule has 0 aliphatic rings.